The molecule has 0 saturated carbocycles. The van der Waals surface area contributed by atoms with Crippen molar-refractivity contribution in [3.63, 3.8) is 0 Å². The van der Waals surface area contributed by atoms with Gasteiger partial charge in [-0.2, -0.15) is 10.1 Å². The highest BCUT2D eigenvalue weighted by molar-refractivity contribution is 8.15. The fourth-order valence-electron chi connectivity index (χ4n) is 3.78. The molecule has 3 aromatic rings. The molecule has 0 aliphatic carbocycles. The normalized spacial score (nSPS) is 17.1. The lowest BCUT2D eigenvalue weighted by atomic mass is 10.00. The van der Waals surface area contributed by atoms with Crippen molar-refractivity contribution >= 4 is 35.0 Å². The lowest BCUT2D eigenvalue weighted by Gasteiger charge is -2.36. The number of halogens is 2. The van der Waals surface area contributed by atoms with Crippen LogP contribution in [0, 0.1) is 11.6 Å². The second-order valence-corrected chi connectivity index (χ2v) is 8.93. The summed E-state index contributed by atoms with van der Waals surface area (Å²) in [6, 6.07) is 10.9. The molecule has 1 aliphatic rings. The van der Waals surface area contributed by atoms with E-state index in [1.807, 2.05) is 0 Å². The first-order chi connectivity index (χ1) is 17.2. The topological polar surface area (TPSA) is 128 Å². The van der Waals surface area contributed by atoms with Crippen molar-refractivity contribution in [3.8, 4) is 0 Å². The average molecular weight is 515 g/mol. The molecule has 13 heteroatoms. The molecule has 2 heterocycles. The highest BCUT2D eigenvalue weighted by Crippen LogP contribution is 2.51. The highest BCUT2D eigenvalue weighted by atomic mass is 32.2. The van der Waals surface area contributed by atoms with Crippen LogP contribution in [0.15, 0.2) is 72.4 Å². The summed E-state index contributed by atoms with van der Waals surface area (Å²) in [5.74, 6) is -1.44. The molecule has 1 aromatic heterocycles. The Kier molecular flexibility index (Phi) is 7.01. The number of rotatable bonds is 6. The Morgan fingerprint density at radius 1 is 1.06 bits per heavy atom. The summed E-state index contributed by atoms with van der Waals surface area (Å²) in [7, 11) is 0. The number of aromatic nitrogens is 2. The van der Waals surface area contributed by atoms with E-state index < -0.39 is 34.7 Å². The fourth-order valence-corrected chi connectivity index (χ4v) is 5.19. The molecular formula is C23H19F2N5O5S. The summed E-state index contributed by atoms with van der Waals surface area (Å²) in [4.78, 5) is 38.9. The molecule has 0 bridgehead atoms. The third kappa shape index (κ3) is 4.77. The Hall–Kier alpha value is -4.26. The van der Waals surface area contributed by atoms with Crippen LogP contribution < -0.4 is 0 Å². The van der Waals surface area contributed by atoms with Gasteiger partial charge in [0.2, 0.25) is 0 Å². The number of hydrogen-bond acceptors (Lipinski definition) is 6. The van der Waals surface area contributed by atoms with E-state index in [2.05, 4.69) is 10.1 Å². The van der Waals surface area contributed by atoms with E-state index in [1.54, 1.807) is 30.3 Å². The molecule has 4 rings (SSSR count). The van der Waals surface area contributed by atoms with E-state index >= 15 is 0 Å². The smallest absolute Gasteiger partial charge is 0.416 e. The third-order valence-corrected chi connectivity index (χ3v) is 6.89. The van der Waals surface area contributed by atoms with Crippen molar-refractivity contribution < 1.29 is 33.4 Å². The predicted octanol–water partition coefficient (Wildman–Crippen LogP) is 4.83. The van der Waals surface area contributed by atoms with Crippen LogP contribution in [0.5, 0.6) is 0 Å². The van der Waals surface area contributed by atoms with Crippen molar-refractivity contribution in [2.45, 2.75) is 17.7 Å². The Bertz CT molecular complexity index is 1310. The number of carboxylic acid groups (broad SMARTS) is 2. The lowest BCUT2D eigenvalue weighted by molar-refractivity contribution is 0.119. The minimum Gasteiger partial charge on any atom is -0.465 e. The molecule has 186 valence electrons. The maximum absolute atomic E-state index is 14.7. The molecule has 36 heavy (non-hydrogen) atoms. The second kappa shape index (κ2) is 10.2. The molecule has 10 nitrogen and oxygen atoms in total. The predicted molar refractivity (Wildman–Crippen MR) is 125 cm³/mol. The van der Waals surface area contributed by atoms with Gasteiger partial charge in [0.05, 0.1) is 0 Å². The largest absolute Gasteiger partial charge is 0.465 e. The highest BCUT2D eigenvalue weighted by Gasteiger charge is 2.49. The van der Waals surface area contributed by atoms with Gasteiger partial charge in [-0.15, -0.1) is 0 Å². The molecule has 1 atom stereocenters. The number of imide groups is 1. The number of hydrogen-bond donors (Lipinski definition) is 2. The first-order valence-electron chi connectivity index (χ1n) is 10.6. The van der Waals surface area contributed by atoms with Crippen LogP contribution in [0.25, 0.3) is 0 Å². The number of nitrogens with zero attached hydrogens (tertiary/aromatic N) is 5. The second-order valence-electron chi connectivity index (χ2n) is 7.67. The van der Waals surface area contributed by atoms with Gasteiger partial charge in [0, 0.05) is 24.5 Å². The molecule has 2 N–H and O–H groups in total. The van der Waals surface area contributed by atoms with Crippen LogP contribution in [-0.2, 0) is 4.87 Å². The van der Waals surface area contributed by atoms with E-state index in [0.29, 0.717) is 5.56 Å². The van der Waals surface area contributed by atoms with E-state index in [4.69, 9.17) is 0 Å². The van der Waals surface area contributed by atoms with Gasteiger partial charge in [0.1, 0.15) is 27.9 Å². The van der Waals surface area contributed by atoms with Gasteiger partial charge in [-0.05, 0) is 36.6 Å². The van der Waals surface area contributed by atoms with Crippen molar-refractivity contribution in [1.82, 2.24) is 19.5 Å². The zero-order chi connectivity index (χ0) is 25.9. The van der Waals surface area contributed by atoms with Crippen molar-refractivity contribution in [3.05, 3.63) is 90.0 Å². The Morgan fingerprint density at radius 3 is 2.42 bits per heavy atom. The minimum atomic E-state index is -1.64. The third-order valence-electron chi connectivity index (χ3n) is 5.45. The van der Waals surface area contributed by atoms with Gasteiger partial charge in [-0.1, -0.05) is 42.1 Å². The van der Waals surface area contributed by atoms with Crippen LogP contribution >= 0.6 is 11.8 Å². The van der Waals surface area contributed by atoms with Gasteiger partial charge in [0.15, 0.2) is 0 Å². The van der Waals surface area contributed by atoms with E-state index in [1.165, 1.54) is 18.7 Å². The van der Waals surface area contributed by atoms with Gasteiger partial charge in [0.25, 0.3) is 0 Å². The molecule has 2 aromatic carbocycles. The van der Waals surface area contributed by atoms with Crippen LogP contribution in [0.3, 0.4) is 0 Å². The number of benzene rings is 2. The number of imidazole rings is 1. The lowest BCUT2D eigenvalue weighted by Crippen LogP contribution is -2.44. The van der Waals surface area contributed by atoms with Crippen molar-refractivity contribution in [2.75, 3.05) is 6.54 Å². The molecule has 1 aliphatic heterocycles. The van der Waals surface area contributed by atoms with Crippen LogP contribution in [0.4, 0.5) is 23.2 Å². The van der Waals surface area contributed by atoms with Crippen molar-refractivity contribution in [2.24, 2.45) is 5.10 Å². The molecule has 0 radical (unpaired) electrons. The maximum Gasteiger partial charge on any atom is 0.416 e. The Labute approximate surface area is 207 Å². The summed E-state index contributed by atoms with van der Waals surface area (Å²) in [6.45, 7) is -0.378. The Morgan fingerprint density at radius 2 is 1.78 bits per heavy atom. The van der Waals surface area contributed by atoms with Gasteiger partial charge >= 0.3 is 18.2 Å². The molecule has 3 amide bonds. The summed E-state index contributed by atoms with van der Waals surface area (Å²) in [5.41, 5.74) is 0.412. The SMILES string of the molecule is O=C(O)N(CCCC1(c2ccccc2)SC(c2cc(F)ccc2F)=NN1C(=O)n1ccnc1)C(=O)O. The number of thioether (sulfide) groups is 1. The summed E-state index contributed by atoms with van der Waals surface area (Å²) in [6.07, 6.45) is 0.803. The zero-order valence-electron chi connectivity index (χ0n) is 18.5. The zero-order valence-corrected chi connectivity index (χ0v) is 19.3. The van der Waals surface area contributed by atoms with Crippen molar-refractivity contribution in [1.29, 1.82) is 0 Å². The number of carbonyl (C=O) groups is 3. The number of hydrazone groups is 1. The number of amides is 3. The fraction of sp³-hybridized carbons (Fsp3) is 0.174. The van der Waals surface area contributed by atoms with Crippen LogP contribution in [-0.4, -0.2) is 59.5 Å². The minimum absolute atomic E-state index is 0.00261. The van der Waals surface area contributed by atoms with E-state index in [-0.39, 0.29) is 34.9 Å². The summed E-state index contributed by atoms with van der Waals surface area (Å²) >= 11 is 0.991. The van der Waals surface area contributed by atoms with Crippen LogP contribution in [0.1, 0.15) is 24.0 Å². The van der Waals surface area contributed by atoms with Crippen LogP contribution in [0.2, 0.25) is 0 Å². The monoisotopic (exact) mass is 515 g/mol. The van der Waals surface area contributed by atoms with E-state index in [9.17, 15) is 33.4 Å². The first kappa shape index (κ1) is 24.9. The molecule has 0 fully saturated rings. The summed E-state index contributed by atoms with van der Waals surface area (Å²) < 4.78 is 29.9. The number of carbonyl (C=O) groups excluding carboxylic acids is 1. The molecular weight excluding hydrogens is 496 g/mol. The molecule has 1 unspecified atom stereocenters. The molecule has 0 spiro atoms. The van der Waals surface area contributed by atoms with Gasteiger partial charge < -0.3 is 10.2 Å². The standard InChI is InChI=1S/C23H19F2N5O5S/c24-16-7-8-18(25)17(13-16)19-27-30(20(31)28-12-10-26-14-28)23(36-19,15-5-2-1-3-6-15)9-4-11-29(21(32)33)22(34)35/h1-3,5-8,10,12-14H,4,9,11H2,(H,32,33)(H,34,35). The maximum atomic E-state index is 14.7. The van der Waals surface area contributed by atoms with Gasteiger partial charge in [-0.3, -0.25) is 4.57 Å². The molecule has 0 saturated heterocycles. The van der Waals surface area contributed by atoms with E-state index in [0.717, 1.165) is 39.5 Å². The Balaban J connectivity index is 1.79. The van der Waals surface area contributed by atoms with Gasteiger partial charge in [-0.25, -0.2) is 33.0 Å². The quantitative estimate of drug-likeness (QED) is 0.481. The average Bonchev–Trinajstić information content (AvgIpc) is 3.52. The summed E-state index contributed by atoms with van der Waals surface area (Å²) in [5, 5.41) is 23.9. The first-order valence-corrected chi connectivity index (χ1v) is 11.4.